The molecule has 0 saturated carbocycles. The summed E-state index contributed by atoms with van der Waals surface area (Å²) in [5.41, 5.74) is 7.43. The number of hydrogen-bond acceptors (Lipinski definition) is 5. The molecule has 1 aromatic carbocycles. The van der Waals surface area contributed by atoms with E-state index in [4.69, 9.17) is 0 Å². The molecule has 4 heterocycles. The van der Waals surface area contributed by atoms with Crippen LogP contribution in [-0.2, 0) is 0 Å². The number of halogens is 1. The van der Waals surface area contributed by atoms with Gasteiger partial charge in [-0.3, -0.25) is 0 Å². The predicted octanol–water partition coefficient (Wildman–Crippen LogP) is 4.62. The van der Waals surface area contributed by atoms with Crippen molar-refractivity contribution in [3.8, 4) is 28.1 Å². The monoisotopic (exact) mass is 435 g/mol. The second-order valence-electron chi connectivity index (χ2n) is 8.15. The average molecular weight is 436 g/mol. The van der Waals surface area contributed by atoms with Crippen LogP contribution in [0.1, 0.15) is 29.8 Å². The quantitative estimate of drug-likeness (QED) is 0.506. The molecule has 4 aromatic rings. The van der Waals surface area contributed by atoms with Crippen LogP contribution in [0.15, 0.2) is 48.8 Å². The number of nitrogens with zero attached hydrogens (tertiary/aromatic N) is 5. The number of aromatic hydroxyl groups is 1. The summed E-state index contributed by atoms with van der Waals surface area (Å²) in [5.74, 6) is 0.669. The van der Waals surface area contributed by atoms with E-state index in [2.05, 4.69) is 40.0 Å². The third-order valence-electron chi connectivity index (χ3n) is 5.97. The number of hydrogen-bond donors (Lipinski definition) is 1. The number of likely N-dealkylation sites (tertiary alicyclic amines) is 1. The van der Waals surface area contributed by atoms with Gasteiger partial charge in [-0.25, -0.2) is 4.98 Å². The molecule has 1 fully saturated rings. The molecule has 1 N–H and O–H groups in total. The first-order valence-electron chi connectivity index (χ1n) is 10.4. The smallest absolute Gasteiger partial charge is 0.139 e. The van der Waals surface area contributed by atoms with E-state index in [1.165, 1.54) is 0 Å². The fraction of sp³-hybridized carbons (Fsp3) is 0.292. The van der Waals surface area contributed by atoms with Crippen molar-refractivity contribution in [2.75, 3.05) is 19.6 Å². The molecule has 3 aromatic heterocycles. The molecule has 0 bridgehead atoms. The van der Waals surface area contributed by atoms with Gasteiger partial charge in [0, 0.05) is 37.0 Å². The van der Waals surface area contributed by atoms with Gasteiger partial charge in [-0.15, -0.1) is 12.4 Å². The number of benzene rings is 1. The van der Waals surface area contributed by atoms with Gasteiger partial charge in [0.15, 0.2) is 0 Å². The zero-order valence-corrected chi connectivity index (χ0v) is 18.7. The van der Waals surface area contributed by atoms with Crippen molar-refractivity contribution in [1.82, 2.24) is 24.5 Å². The molecule has 1 aliphatic rings. The number of pyridine rings is 1. The van der Waals surface area contributed by atoms with Gasteiger partial charge < -0.3 is 14.4 Å². The normalized spacial score (nSPS) is 14.4. The molecule has 0 spiro atoms. The topological polar surface area (TPSA) is 66.6 Å². The Morgan fingerprint density at radius 1 is 1.00 bits per heavy atom. The molecular formula is C24H26ClN5O. The molecule has 0 aliphatic carbocycles. The van der Waals surface area contributed by atoms with Crippen LogP contribution in [0.2, 0.25) is 0 Å². The van der Waals surface area contributed by atoms with Crippen LogP contribution in [-0.4, -0.2) is 49.2 Å². The number of imidazole rings is 1. The highest BCUT2D eigenvalue weighted by atomic mass is 35.5. The second-order valence-corrected chi connectivity index (χ2v) is 8.15. The fourth-order valence-electron chi connectivity index (χ4n) is 4.20. The van der Waals surface area contributed by atoms with Crippen molar-refractivity contribution < 1.29 is 5.11 Å². The summed E-state index contributed by atoms with van der Waals surface area (Å²) in [6.45, 7) is 9.39. The van der Waals surface area contributed by atoms with Crippen molar-refractivity contribution in [2.24, 2.45) is 0 Å². The Morgan fingerprint density at radius 2 is 1.81 bits per heavy atom. The standard InChI is InChI=1S/C24H25N5O.ClH/c1-4-28-12-19(13-28)21-7-8-22(27-26-21)20-6-5-17(10-23(20)30)18-9-15(2)24-25-16(3)11-29(24)14-18;/h5-11,14,19,30H,4,12-13H2,1-3H3;1H. The van der Waals surface area contributed by atoms with Crippen molar-refractivity contribution in [2.45, 2.75) is 26.7 Å². The first-order chi connectivity index (χ1) is 14.5. The highest BCUT2D eigenvalue weighted by Crippen LogP contribution is 2.33. The van der Waals surface area contributed by atoms with Crippen molar-refractivity contribution in [3.63, 3.8) is 0 Å². The predicted molar refractivity (Wildman–Crippen MR) is 125 cm³/mol. The van der Waals surface area contributed by atoms with Gasteiger partial charge in [-0.1, -0.05) is 13.0 Å². The molecule has 0 unspecified atom stereocenters. The molecule has 0 radical (unpaired) electrons. The van der Waals surface area contributed by atoms with Gasteiger partial charge in [0.25, 0.3) is 0 Å². The zero-order chi connectivity index (χ0) is 20.8. The molecule has 1 aliphatic heterocycles. The Labute approximate surface area is 188 Å². The van der Waals surface area contributed by atoms with Crippen LogP contribution in [0.4, 0.5) is 0 Å². The molecular weight excluding hydrogens is 410 g/mol. The minimum atomic E-state index is 0. The van der Waals surface area contributed by atoms with Crippen LogP contribution in [0.3, 0.4) is 0 Å². The van der Waals surface area contributed by atoms with E-state index >= 15 is 0 Å². The van der Waals surface area contributed by atoms with Gasteiger partial charge in [-0.2, -0.15) is 10.2 Å². The molecule has 0 amide bonds. The number of rotatable bonds is 4. The minimum absolute atomic E-state index is 0. The van der Waals surface area contributed by atoms with Gasteiger partial charge in [0.05, 0.1) is 17.1 Å². The van der Waals surface area contributed by atoms with Gasteiger partial charge in [0.2, 0.25) is 0 Å². The fourth-order valence-corrected chi connectivity index (χ4v) is 4.20. The van der Waals surface area contributed by atoms with E-state index in [0.29, 0.717) is 17.2 Å². The largest absolute Gasteiger partial charge is 0.507 e. The summed E-state index contributed by atoms with van der Waals surface area (Å²) in [5, 5.41) is 19.5. The molecule has 6 nitrogen and oxygen atoms in total. The number of phenols is 1. The van der Waals surface area contributed by atoms with E-state index in [9.17, 15) is 5.11 Å². The summed E-state index contributed by atoms with van der Waals surface area (Å²) < 4.78 is 2.04. The lowest BCUT2D eigenvalue weighted by Crippen LogP contribution is -2.44. The lowest BCUT2D eigenvalue weighted by molar-refractivity contribution is 0.154. The molecule has 160 valence electrons. The molecule has 0 atom stereocenters. The highest BCUT2D eigenvalue weighted by molar-refractivity contribution is 5.85. The van der Waals surface area contributed by atoms with Crippen LogP contribution in [0.25, 0.3) is 28.0 Å². The van der Waals surface area contributed by atoms with Gasteiger partial charge in [-0.05, 0) is 67.4 Å². The first-order valence-corrected chi connectivity index (χ1v) is 10.4. The minimum Gasteiger partial charge on any atom is -0.507 e. The van der Waals surface area contributed by atoms with E-state index < -0.39 is 0 Å². The molecule has 7 heteroatoms. The Hall–Kier alpha value is -2.96. The number of phenolic OH excluding ortho intramolecular Hbond substituents is 1. The van der Waals surface area contributed by atoms with Crippen LogP contribution in [0.5, 0.6) is 5.75 Å². The number of aryl methyl sites for hydroxylation is 2. The summed E-state index contributed by atoms with van der Waals surface area (Å²) in [7, 11) is 0. The Kier molecular flexibility index (Phi) is 5.69. The average Bonchev–Trinajstić information content (AvgIpc) is 3.09. The van der Waals surface area contributed by atoms with Crippen molar-refractivity contribution in [1.29, 1.82) is 0 Å². The Bertz CT molecular complexity index is 1230. The van der Waals surface area contributed by atoms with E-state index in [1.54, 1.807) is 6.07 Å². The van der Waals surface area contributed by atoms with Crippen molar-refractivity contribution >= 4 is 18.1 Å². The third kappa shape index (κ3) is 3.89. The Morgan fingerprint density at radius 3 is 2.48 bits per heavy atom. The maximum Gasteiger partial charge on any atom is 0.139 e. The Balaban J connectivity index is 0.00000231. The second kappa shape index (κ2) is 8.29. The summed E-state index contributed by atoms with van der Waals surface area (Å²) in [6.07, 6.45) is 4.06. The highest BCUT2D eigenvalue weighted by Gasteiger charge is 2.28. The molecule has 31 heavy (non-hydrogen) atoms. The lowest BCUT2D eigenvalue weighted by atomic mass is 9.96. The number of aromatic nitrogens is 4. The molecule has 5 rings (SSSR count). The first kappa shape index (κ1) is 21.3. The van der Waals surface area contributed by atoms with Crippen LogP contribution in [0, 0.1) is 13.8 Å². The molecule has 1 saturated heterocycles. The summed E-state index contributed by atoms with van der Waals surface area (Å²) in [6, 6.07) is 11.8. The zero-order valence-electron chi connectivity index (χ0n) is 17.9. The van der Waals surface area contributed by atoms with Crippen LogP contribution >= 0.6 is 12.4 Å². The lowest BCUT2D eigenvalue weighted by Gasteiger charge is -2.37. The van der Waals surface area contributed by atoms with Gasteiger partial charge in [0.1, 0.15) is 11.4 Å². The van der Waals surface area contributed by atoms with E-state index in [0.717, 1.165) is 53.4 Å². The SMILES string of the molecule is CCN1CC(c2ccc(-c3ccc(-c4cc(C)c5nc(C)cn5c4)cc3O)nn2)C1.Cl. The maximum absolute atomic E-state index is 10.7. The van der Waals surface area contributed by atoms with Crippen LogP contribution < -0.4 is 0 Å². The van der Waals surface area contributed by atoms with E-state index in [-0.39, 0.29) is 18.2 Å². The number of likely N-dealkylation sites (N-methyl/N-ethyl adjacent to an activating group) is 1. The van der Waals surface area contributed by atoms with Gasteiger partial charge >= 0.3 is 0 Å². The summed E-state index contributed by atoms with van der Waals surface area (Å²) in [4.78, 5) is 6.94. The summed E-state index contributed by atoms with van der Waals surface area (Å²) >= 11 is 0. The van der Waals surface area contributed by atoms with E-state index in [1.807, 2.05) is 48.0 Å². The maximum atomic E-state index is 10.7. The van der Waals surface area contributed by atoms with Crippen molar-refractivity contribution in [3.05, 3.63) is 65.7 Å². The third-order valence-corrected chi connectivity index (χ3v) is 5.97. The number of fused-ring (bicyclic) bond motifs is 1.